The first-order valence-corrected chi connectivity index (χ1v) is 7.13. The van der Waals surface area contributed by atoms with Crippen LogP contribution in [0.2, 0.25) is 5.02 Å². The van der Waals surface area contributed by atoms with Crippen molar-refractivity contribution in [2.24, 2.45) is 0 Å². The lowest BCUT2D eigenvalue weighted by atomic mass is 9.87. The minimum Gasteiger partial charge on any atom is -0.389 e. The van der Waals surface area contributed by atoms with Gasteiger partial charge in [-0.3, -0.25) is 9.88 Å². The van der Waals surface area contributed by atoms with Gasteiger partial charge in [-0.1, -0.05) is 11.6 Å². The molecule has 0 amide bonds. The molecule has 1 saturated heterocycles. The van der Waals surface area contributed by atoms with Crippen LogP contribution in [0.25, 0.3) is 0 Å². The van der Waals surface area contributed by atoms with E-state index in [1.165, 1.54) is 0 Å². The number of thiol groups is 1. The van der Waals surface area contributed by atoms with Crippen LogP contribution < -0.4 is 0 Å². The second-order valence-corrected chi connectivity index (χ2v) is 6.16. The van der Waals surface area contributed by atoms with Gasteiger partial charge in [0.25, 0.3) is 0 Å². The van der Waals surface area contributed by atoms with Crippen molar-refractivity contribution in [1.82, 2.24) is 9.88 Å². The maximum atomic E-state index is 10.6. The third-order valence-electron chi connectivity index (χ3n) is 3.59. The molecule has 2 rings (SSSR count). The van der Waals surface area contributed by atoms with Crippen molar-refractivity contribution in [2.75, 3.05) is 13.1 Å². The van der Waals surface area contributed by atoms with E-state index < -0.39 is 5.60 Å². The van der Waals surface area contributed by atoms with Gasteiger partial charge >= 0.3 is 0 Å². The van der Waals surface area contributed by atoms with E-state index in [1.54, 1.807) is 12.3 Å². The number of piperidine rings is 1. The molecule has 1 atom stereocenters. The summed E-state index contributed by atoms with van der Waals surface area (Å²) in [6.45, 7) is 3.79. The molecule has 0 aliphatic carbocycles. The number of rotatable bonds is 3. The summed E-state index contributed by atoms with van der Waals surface area (Å²) in [5.74, 6) is 0. The average Bonchev–Trinajstić information content (AvgIpc) is 2.32. The number of aromatic nitrogens is 1. The molecule has 1 N–H and O–H groups in total. The molecule has 1 aromatic heterocycles. The molecular formula is C13H19ClN2OS. The summed E-state index contributed by atoms with van der Waals surface area (Å²) < 4.78 is 0. The highest BCUT2D eigenvalue weighted by molar-refractivity contribution is 7.80. The molecule has 5 heteroatoms. The fourth-order valence-electron chi connectivity index (χ4n) is 2.35. The van der Waals surface area contributed by atoms with Crippen LogP contribution in [0.1, 0.15) is 25.5 Å². The van der Waals surface area contributed by atoms with Crippen LogP contribution in [0.5, 0.6) is 0 Å². The van der Waals surface area contributed by atoms with Gasteiger partial charge in [0.15, 0.2) is 0 Å². The predicted molar refractivity (Wildman–Crippen MR) is 77.2 cm³/mol. The molecule has 2 heterocycles. The van der Waals surface area contributed by atoms with Crippen LogP contribution in [0, 0.1) is 0 Å². The van der Waals surface area contributed by atoms with Gasteiger partial charge in [-0.2, -0.15) is 12.6 Å². The molecule has 18 heavy (non-hydrogen) atoms. The first-order chi connectivity index (χ1) is 8.50. The highest BCUT2D eigenvalue weighted by Crippen LogP contribution is 2.29. The lowest BCUT2D eigenvalue weighted by Crippen LogP contribution is -2.47. The van der Waals surface area contributed by atoms with Gasteiger partial charge in [0.2, 0.25) is 0 Å². The molecule has 0 spiro atoms. The number of halogens is 1. The summed E-state index contributed by atoms with van der Waals surface area (Å²) >= 11 is 10.5. The summed E-state index contributed by atoms with van der Waals surface area (Å²) in [5.41, 5.74) is 0.103. The fraction of sp³-hybridized carbons (Fsp3) is 0.615. The lowest BCUT2D eigenvalue weighted by molar-refractivity contribution is -0.0224. The van der Waals surface area contributed by atoms with E-state index in [1.807, 2.05) is 6.07 Å². The predicted octanol–water partition coefficient (Wildman–Crippen LogP) is 2.38. The van der Waals surface area contributed by atoms with E-state index in [9.17, 15) is 5.11 Å². The molecule has 0 aromatic carbocycles. The van der Waals surface area contributed by atoms with Crippen LogP contribution in [-0.4, -0.2) is 39.1 Å². The Morgan fingerprint density at radius 3 is 2.78 bits per heavy atom. The smallest absolute Gasteiger partial charge is 0.0727 e. The van der Waals surface area contributed by atoms with Gasteiger partial charge in [0.05, 0.1) is 16.3 Å². The van der Waals surface area contributed by atoms with Crippen LogP contribution in [0.3, 0.4) is 0 Å². The first kappa shape index (κ1) is 14.1. The zero-order valence-electron chi connectivity index (χ0n) is 10.5. The molecule has 0 radical (unpaired) electrons. The minimum absolute atomic E-state index is 0.244. The zero-order chi connectivity index (χ0) is 13.2. The molecular weight excluding hydrogens is 268 g/mol. The van der Waals surface area contributed by atoms with Crippen LogP contribution >= 0.6 is 24.2 Å². The molecule has 1 unspecified atom stereocenters. The first-order valence-electron chi connectivity index (χ1n) is 6.24. The quantitative estimate of drug-likeness (QED) is 0.838. The molecule has 1 aliphatic rings. The lowest BCUT2D eigenvalue weighted by Gasteiger charge is -2.39. The Labute approximate surface area is 119 Å². The van der Waals surface area contributed by atoms with Crippen LogP contribution in [0.15, 0.2) is 18.3 Å². The molecule has 0 saturated carbocycles. The van der Waals surface area contributed by atoms with Gasteiger partial charge in [-0.05, 0) is 31.9 Å². The van der Waals surface area contributed by atoms with Gasteiger partial charge in [0, 0.05) is 31.1 Å². The highest BCUT2D eigenvalue weighted by Gasteiger charge is 2.34. The molecule has 1 aliphatic heterocycles. The monoisotopic (exact) mass is 286 g/mol. The molecule has 0 bridgehead atoms. The third kappa shape index (κ3) is 3.38. The van der Waals surface area contributed by atoms with E-state index in [0.29, 0.717) is 11.4 Å². The van der Waals surface area contributed by atoms with Gasteiger partial charge in [-0.15, -0.1) is 0 Å². The molecule has 3 nitrogen and oxygen atoms in total. The molecule has 1 aromatic rings. The topological polar surface area (TPSA) is 36.4 Å². The Bertz CT molecular complexity index is 406. The SMILES string of the molecule is CC(S)N1CCC(O)(Cc2ncccc2Cl)CC1. The summed E-state index contributed by atoms with van der Waals surface area (Å²) in [4.78, 5) is 6.51. The van der Waals surface area contributed by atoms with Crippen molar-refractivity contribution >= 4 is 24.2 Å². The maximum absolute atomic E-state index is 10.6. The fourth-order valence-corrected chi connectivity index (χ4v) is 2.77. The van der Waals surface area contributed by atoms with Crippen LogP contribution in [-0.2, 0) is 6.42 Å². The minimum atomic E-state index is -0.683. The number of pyridine rings is 1. The molecule has 1 fully saturated rings. The third-order valence-corrected chi connectivity index (χ3v) is 4.26. The second kappa shape index (κ2) is 5.78. The highest BCUT2D eigenvalue weighted by atomic mass is 35.5. The number of nitrogens with zero attached hydrogens (tertiary/aromatic N) is 2. The van der Waals surface area contributed by atoms with Crippen molar-refractivity contribution in [3.63, 3.8) is 0 Å². The standard InChI is InChI=1S/C13H19ClN2OS/c1-10(18)16-7-4-13(17,5-8-16)9-12-11(14)3-2-6-15-12/h2-3,6,10,17-18H,4-5,7-9H2,1H3. The van der Waals surface area contributed by atoms with Gasteiger partial charge in [0.1, 0.15) is 0 Å². The average molecular weight is 287 g/mol. The number of aliphatic hydroxyl groups is 1. The Balaban J connectivity index is 2.00. The summed E-state index contributed by atoms with van der Waals surface area (Å²) in [6, 6.07) is 3.62. The number of hydrogen-bond donors (Lipinski definition) is 2. The summed E-state index contributed by atoms with van der Waals surface area (Å²) in [7, 11) is 0. The van der Waals surface area contributed by atoms with Crippen molar-refractivity contribution < 1.29 is 5.11 Å². The second-order valence-electron chi connectivity index (χ2n) is 5.00. The van der Waals surface area contributed by atoms with Crippen molar-refractivity contribution in [3.8, 4) is 0 Å². The van der Waals surface area contributed by atoms with E-state index in [-0.39, 0.29) is 5.37 Å². The van der Waals surface area contributed by atoms with Crippen molar-refractivity contribution in [2.45, 2.75) is 37.2 Å². The number of likely N-dealkylation sites (tertiary alicyclic amines) is 1. The zero-order valence-corrected chi connectivity index (χ0v) is 12.2. The van der Waals surface area contributed by atoms with Crippen LogP contribution in [0.4, 0.5) is 0 Å². The van der Waals surface area contributed by atoms with E-state index in [0.717, 1.165) is 31.6 Å². The number of hydrogen-bond acceptors (Lipinski definition) is 4. The van der Waals surface area contributed by atoms with Crippen molar-refractivity contribution in [3.05, 3.63) is 29.0 Å². The summed E-state index contributed by atoms with van der Waals surface area (Å²) in [6.07, 6.45) is 3.73. The van der Waals surface area contributed by atoms with Gasteiger partial charge in [-0.25, -0.2) is 0 Å². The van der Waals surface area contributed by atoms with Gasteiger partial charge < -0.3 is 5.11 Å². The Kier molecular flexibility index (Phi) is 4.54. The largest absolute Gasteiger partial charge is 0.389 e. The van der Waals surface area contributed by atoms with E-state index >= 15 is 0 Å². The Morgan fingerprint density at radius 2 is 2.22 bits per heavy atom. The maximum Gasteiger partial charge on any atom is 0.0727 e. The molecule has 100 valence electrons. The van der Waals surface area contributed by atoms with E-state index in [4.69, 9.17) is 11.6 Å². The van der Waals surface area contributed by atoms with Crippen molar-refractivity contribution in [1.29, 1.82) is 0 Å². The van der Waals surface area contributed by atoms with E-state index in [2.05, 4.69) is 29.4 Å². The Hall–Kier alpha value is -0.290. The summed E-state index contributed by atoms with van der Waals surface area (Å²) in [5, 5.41) is 11.5. The Morgan fingerprint density at radius 1 is 1.56 bits per heavy atom. The normalized spacial score (nSPS) is 21.8.